The summed E-state index contributed by atoms with van der Waals surface area (Å²) in [4.78, 5) is 33.6. The monoisotopic (exact) mass is 402 g/mol. The molecule has 2 saturated heterocycles. The Morgan fingerprint density at radius 2 is 0.857 bits per heavy atom. The Kier molecular flexibility index (Phi) is 7.49. The minimum absolute atomic E-state index is 0.0544. The number of fused-ring (bicyclic) bond motifs is 1. The molecule has 4 amide bonds. The standard InChI is InChI=1S/C18H34N4O6/c1-7-9-17-18(10-8-2,21(13-27-5)15(23)19(17)11-25-3)22(14-28-6)16(24)20(17)12-26-4/h7-14H2,1-6H3. The first kappa shape index (κ1) is 22.7. The quantitative estimate of drug-likeness (QED) is 0.496. The largest absolute Gasteiger partial charge is 0.364 e. The zero-order valence-corrected chi connectivity index (χ0v) is 17.9. The molecule has 0 spiro atoms. The molecule has 2 aliphatic heterocycles. The van der Waals surface area contributed by atoms with Gasteiger partial charge < -0.3 is 18.9 Å². The van der Waals surface area contributed by atoms with E-state index in [9.17, 15) is 9.59 Å². The van der Waals surface area contributed by atoms with Crippen LogP contribution in [0.1, 0.15) is 39.5 Å². The molecule has 0 aromatic carbocycles. The van der Waals surface area contributed by atoms with Crippen molar-refractivity contribution in [1.82, 2.24) is 19.6 Å². The van der Waals surface area contributed by atoms with E-state index in [-0.39, 0.29) is 39.0 Å². The van der Waals surface area contributed by atoms with E-state index in [1.165, 1.54) is 28.4 Å². The smallest absolute Gasteiger partial charge is 0.327 e. The van der Waals surface area contributed by atoms with E-state index in [1.807, 2.05) is 13.8 Å². The molecule has 10 nitrogen and oxygen atoms in total. The third-order valence-electron chi connectivity index (χ3n) is 5.58. The Morgan fingerprint density at radius 1 is 0.607 bits per heavy atom. The maximum absolute atomic E-state index is 13.5. The molecule has 2 heterocycles. The van der Waals surface area contributed by atoms with E-state index in [0.717, 1.165) is 12.8 Å². The van der Waals surface area contributed by atoms with Crippen molar-refractivity contribution in [3.05, 3.63) is 0 Å². The van der Waals surface area contributed by atoms with E-state index in [1.54, 1.807) is 19.6 Å². The zero-order valence-electron chi connectivity index (χ0n) is 17.9. The first-order chi connectivity index (χ1) is 13.5. The lowest BCUT2D eigenvalue weighted by atomic mass is 9.84. The maximum Gasteiger partial charge on any atom is 0.327 e. The summed E-state index contributed by atoms with van der Waals surface area (Å²) in [5.74, 6) is 0. The average molecular weight is 402 g/mol. The average Bonchev–Trinajstić information content (AvgIpc) is 2.97. The second-order valence-electron chi connectivity index (χ2n) is 7.08. The lowest BCUT2D eigenvalue weighted by molar-refractivity contribution is -0.139. The molecule has 0 aromatic rings. The van der Waals surface area contributed by atoms with Crippen molar-refractivity contribution in [3.63, 3.8) is 0 Å². The summed E-state index contributed by atoms with van der Waals surface area (Å²) in [7, 11) is 6.16. The van der Waals surface area contributed by atoms with E-state index in [4.69, 9.17) is 18.9 Å². The Morgan fingerprint density at radius 3 is 1.04 bits per heavy atom. The number of amides is 4. The summed E-state index contributed by atoms with van der Waals surface area (Å²) in [5, 5.41) is 0. The molecule has 2 aliphatic rings. The third-order valence-corrected chi connectivity index (χ3v) is 5.58. The second kappa shape index (κ2) is 9.25. The predicted molar refractivity (Wildman–Crippen MR) is 101 cm³/mol. The van der Waals surface area contributed by atoms with Gasteiger partial charge in [0.25, 0.3) is 0 Å². The van der Waals surface area contributed by atoms with Crippen LogP contribution >= 0.6 is 0 Å². The van der Waals surface area contributed by atoms with Gasteiger partial charge in [0.1, 0.15) is 26.9 Å². The van der Waals surface area contributed by atoms with Crippen LogP contribution in [0.4, 0.5) is 9.59 Å². The minimum atomic E-state index is -0.963. The molecule has 162 valence electrons. The Bertz CT molecular complexity index is 480. The summed E-state index contributed by atoms with van der Waals surface area (Å²) in [5.41, 5.74) is -1.93. The van der Waals surface area contributed by atoms with E-state index < -0.39 is 11.3 Å². The number of hydrogen-bond donors (Lipinski definition) is 0. The van der Waals surface area contributed by atoms with E-state index in [2.05, 4.69) is 0 Å². The molecular weight excluding hydrogens is 368 g/mol. The molecule has 0 saturated carbocycles. The molecule has 0 N–H and O–H groups in total. The first-order valence-electron chi connectivity index (χ1n) is 9.62. The zero-order chi connectivity index (χ0) is 20.9. The van der Waals surface area contributed by atoms with Crippen LogP contribution in [0, 0.1) is 0 Å². The summed E-state index contributed by atoms with van der Waals surface area (Å²) < 4.78 is 21.6. The van der Waals surface area contributed by atoms with Gasteiger partial charge in [0.2, 0.25) is 0 Å². The van der Waals surface area contributed by atoms with Gasteiger partial charge in [0.05, 0.1) is 0 Å². The van der Waals surface area contributed by atoms with Crippen LogP contribution < -0.4 is 0 Å². The number of nitrogens with zero attached hydrogens (tertiary/aromatic N) is 4. The van der Waals surface area contributed by atoms with E-state index >= 15 is 0 Å². The van der Waals surface area contributed by atoms with E-state index in [0.29, 0.717) is 12.8 Å². The molecule has 0 atom stereocenters. The SMILES string of the molecule is CCCC12N(COC)C(=O)N(COC)C1(CCC)N(COC)C(=O)N2COC. The molecule has 0 aliphatic carbocycles. The van der Waals surface area contributed by atoms with Crippen molar-refractivity contribution < 1.29 is 28.5 Å². The van der Waals surface area contributed by atoms with Gasteiger partial charge in [-0.2, -0.15) is 0 Å². The minimum Gasteiger partial charge on any atom is -0.364 e. The van der Waals surface area contributed by atoms with Gasteiger partial charge >= 0.3 is 12.1 Å². The summed E-state index contributed by atoms with van der Waals surface area (Å²) >= 11 is 0. The number of carbonyl (C=O) groups excluding carboxylic acids is 2. The molecule has 0 bridgehead atoms. The van der Waals surface area contributed by atoms with Gasteiger partial charge in [-0.1, -0.05) is 26.7 Å². The Labute approximate surface area is 167 Å². The number of methoxy groups -OCH3 is 4. The highest BCUT2D eigenvalue weighted by Gasteiger charge is 2.77. The lowest BCUT2D eigenvalue weighted by Crippen LogP contribution is -2.68. The molecule has 10 heteroatoms. The van der Waals surface area contributed by atoms with Crippen molar-refractivity contribution >= 4 is 12.1 Å². The normalized spacial score (nSPS) is 27.4. The van der Waals surface area contributed by atoms with Crippen molar-refractivity contribution in [2.75, 3.05) is 55.4 Å². The van der Waals surface area contributed by atoms with Crippen molar-refractivity contribution in [2.24, 2.45) is 0 Å². The fraction of sp³-hybridized carbons (Fsp3) is 0.889. The molecule has 2 rings (SSSR count). The third kappa shape index (κ3) is 2.94. The molecule has 28 heavy (non-hydrogen) atoms. The van der Waals surface area contributed by atoms with Crippen LogP contribution in [0.5, 0.6) is 0 Å². The van der Waals surface area contributed by atoms with Gasteiger partial charge in [-0.25, -0.2) is 9.59 Å². The predicted octanol–water partition coefficient (Wildman–Crippen LogP) is 1.87. The van der Waals surface area contributed by atoms with Gasteiger partial charge in [-0.05, 0) is 12.8 Å². The molecule has 0 aromatic heterocycles. The number of hydrogen-bond acceptors (Lipinski definition) is 6. The Balaban J connectivity index is 2.82. The molecular formula is C18H34N4O6. The van der Waals surface area contributed by atoms with Crippen LogP contribution in [0.2, 0.25) is 0 Å². The van der Waals surface area contributed by atoms with Crippen molar-refractivity contribution in [1.29, 1.82) is 0 Å². The molecule has 2 fully saturated rings. The van der Waals surface area contributed by atoms with Gasteiger partial charge in [0.15, 0.2) is 11.3 Å². The number of ether oxygens (including phenoxy) is 4. The van der Waals surface area contributed by atoms with Crippen LogP contribution in [0.3, 0.4) is 0 Å². The van der Waals surface area contributed by atoms with Crippen LogP contribution in [0.15, 0.2) is 0 Å². The van der Waals surface area contributed by atoms with Gasteiger partial charge in [0, 0.05) is 28.4 Å². The highest BCUT2D eigenvalue weighted by atomic mass is 16.5. The number of carbonyl (C=O) groups is 2. The van der Waals surface area contributed by atoms with Crippen LogP contribution in [0.25, 0.3) is 0 Å². The Hall–Kier alpha value is -1.62. The highest BCUT2D eigenvalue weighted by Crippen LogP contribution is 2.55. The number of rotatable bonds is 12. The van der Waals surface area contributed by atoms with Gasteiger partial charge in [-0.15, -0.1) is 0 Å². The lowest BCUT2D eigenvalue weighted by Gasteiger charge is -2.49. The summed E-state index contributed by atoms with van der Waals surface area (Å²) in [6.07, 6.45) is 2.65. The summed E-state index contributed by atoms with van der Waals surface area (Å²) in [6, 6.07) is -0.472. The maximum atomic E-state index is 13.5. The van der Waals surface area contributed by atoms with Gasteiger partial charge in [-0.3, -0.25) is 19.6 Å². The second-order valence-corrected chi connectivity index (χ2v) is 7.08. The first-order valence-corrected chi connectivity index (χ1v) is 9.62. The summed E-state index contributed by atoms with van der Waals surface area (Å²) in [6.45, 7) is 4.29. The van der Waals surface area contributed by atoms with Crippen molar-refractivity contribution in [3.8, 4) is 0 Å². The number of urea groups is 2. The molecule has 0 unspecified atom stereocenters. The van der Waals surface area contributed by atoms with Crippen LogP contribution in [-0.4, -0.2) is 98.4 Å². The van der Waals surface area contributed by atoms with Crippen LogP contribution in [-0.2, 0) is 18.9 Å². The fourth-order valence-corrected chi connectivity index (χ4v) is 4.88. The molecule has 0 radical (unpaired) electrons. The van der Waals surface area contributed by atoms with Crippen molar-refractivity contribution in [2.45, 2.75) is 50.9 Å². The fourth-order valence-electron chi connectivity index (χ4n) is 4.88. The topological polar surface area (TPSA) is 84.0 Å². The highest BCUT2D eigenvalue weighted by molar-refractivity contribution is 5.88.